The van der Waals surface area contributed by atoms with Crippen LogP contribution in [0.25, 0.3) is 11.3 Å². The molecular weight excluding hydrogens is 497 g/mol. The maximum Gasteiger partial charge on any atom is 0.416 e. The highest BCUT2D eigenvalue weighted by Crippen LogP contribution is 2.32. The van der Waals surface area contributed by atoms with Crippen molar-refractivity contribution in [1.82, 2.24) is 10.3 Å². The lowest BCUT2D eigenvalue weighted by Crippen LogP contribution is -2.30. The second-order valence-electron chi connectivity index (χ2n) is 8.91. The number of rotatable bonds is 13. The smallest absolute Gasteiger partial charge is 0.416 e. The van der Waals surface area contributed by atoms with E-state index in [0.717, 1.165) is 49.8 Å². The van der Waals surface area contributed by atoms with Gasteiger partial charge in [0, 0.05) is 41.8 Å². The van der Waals surface area contributed by atoms with Crippen LogP contribution >= 0.6 is 0 Å². The summed E-state index contributed by atoms with van der Waals surface area (Å²) in [6.45, 7) is 2.11. The number of carbonyl (C=O) groups is 2. The summed E-state index contributed by atoms with van der Waals surface area (Å²) in [5, 5.41) is 13.0. The van der Waals surface area contributed by atoms with Crippen molar-refractivity contribution in [1.29, 1.82) is 0 Å². The number of pyridine rings is 1. The quantitative estimate of drug-likeness (QED) is 0.287. The Morgan fingerprint density at radius 2 is 1.68 bits per heavy atom. The van der Waals surface area contributed by atoms with Crippen LogP contribution in [0.2, 0.25) is 0 Å². The maximum absolute atomic E-state index is 12.9. The van der Waals surface area contributed by atoms with E-state index in [1.807, 2.05) is 6.07 Å². The Morgan fingerprint density at radius 1 is 0.974 bits per heavy atom. The molecule has 2 aromatic carbocycles. The van der Waals surface area contributed by atoms with Gasteiger partial charge in [-0.1, -0.05) is 44.4 Å². The van der Waals surface area contributed by atoms with Crippen LogP contribution < -0.4 is 15.2 Å². The highest BCUT2D eigenvalue weighted by Gasteiger charge is 2.30. The number of halogens is 3. The number of nitrogens with one attached hydrogen (secondary N) is 1. The van der Waals surface area contributed by atoms with Gasteiger partial charge >= 0.3 is 6.18 Å². The van der Waals surface area contributed by atoms with Gasteiger partial charge in [0.05, 0.1) is 11.3 Å². The van der Waals surface area contributed by atoms with Gasteiger partial charge in [-0.05, 0) is 55.3 Å². The number of aliphatic carboxylic acids is 1. The number of aromatic nitrogens is 1. The molecule has 1 heterocycles. The molecule has 0 saturated carbocycles. The first-order valence-corrected chi connectivity index (χ1v) is 12.6. The number of carboxylic acids is 1. The molecule has 0 spiro atoms. The molecule has 1 aromatic heterocycles. The van der Waals surface area contributed by atoms with Crippen molar-refractivity contribution in [3.05, 3.63) is 83.6 Å². The first-order chi connectivity index (χ1) is 18.2. The molecule has 0 aliphatic rings. The molecule has 0 fully saturated rings. The first kappa shape index (κ1) is 28.7. The fourth-order valence-corrected chi connectivity index (χ4v) is 3.88. The van der Waals surface area contributed by atoms with Gasteiger partial charge < -0.3 is 20.0 Å². The van der Waals surface area contributed by atoms with Gasteiger partial charge in [-0.15, -0.1) is 0 Å². The Balaban J connectivity index is 1.71. The molecule has 3 rings (SSSR count). The lowest BCUT2D eigenvalue weighted by molar-refractivity contribution is -0.305. The van der Waals surface area contributed by atoms with E-state index >= 15 is 0 Å². The van der Waals surface area contributed by atoms with Crippen molar-refractivity contribution in [3.8, 4) is 17.0 Å². The standard InChI is InChI=1S/C29H31F3N2O4/c1-2-3-4-5-6-26(38-24-14-9-21(10-15-24)28(37)33-18-17-27(35)36)22-11-16-25(34-19-22)20-7-12-23(13-8-20)29(30,31)32/h7-16,19,26H,2-6,17-18H2,1H3,(H,33,37)(H,35,36)/p-1. The van der Waals surface area contributed by atoms with E-state index < -0.39 is 23.6 Å². The highest BCUT2D eigenvalue weighted by atomic mass is 19.4. The number of hydrogen-bond donors (Lipinski definition) is 1. The molecule has 0 radical (unpaired) electrons. The van der Waals surface area contributed by atoms with Gasteiger partial charge in [0.25, 0.3) is 5.91 Å². The first-order valence-electron chi connectivity index (χ1n) is 12.6. The van der Waals surface area contributed by atoms with E-state index in [4.69, 9.17) is 4.74 Å². The van der Waals surface area contributed by atoms with Crippen LogP contribution in [0.3, 0.4) is 0 Å². The number of amides is 1. The van der Waals surface area contributed by atoms with Crippen molar-refractivity contribution in [2.45, 2.75) is 57.7 Å². The minimum atomic E-state index is -4.39. The topological polar surface area (TPSA) is 91.3 Å². The van der Waals surface area contributed by atoms with Crippen molar-refractivity contribution < 1.29 is 32.6 Å². The minimum absolute atomic E-state index is 0.0191. The van der Waals surface area contributed by atoms with Crippen LogP contribution in [0.4, 0.5) is 13.2 Å². The Labute approximate surface area is 219 Å². The summed E-state index contributed by atoms with van der Waals surface area (Å²) in [5.41, 5.74) is 1.64. The van der Waals surface area contributed by atoms with Gasteiger partial charge in [0.2, 0.25) is 0 Å². The van der Waals surface area contributed by atoms with Gasteiger partial charge in [-0.2, -0.15) is 13.2 Å². The van der Waals surface area contributed by atoms with Gasteiger partial charge in [0.15, 0.2) is 0 Å². The van der Waals surface area contributed by atoms with E-state index in [0.29, 0.717) is 22.6 Å². The third-order valence-electron chi connectivity index (χ3n) is 6.00. The second-order valence-corrected chi connectivity index (χ2v) is 8.91. The zero-order valence-electron chi connectivity index (χ0n) is 21.1. The van der Waals surface area contributed by atoms with E-state index in [1.165, 1.54) is 12.1 Å². The molecule has 0 bridgehead atoms. The van der Waals surface area contributed by atoms with Crippen LogP contribution in [0.1, 0.15) is 73.0 Å². The zero-order chi connectivity index (χ0) is 27.5. The third kappa shape index (κ3) is 8.61. The fraction of sp³-hybridized carbons (Fsp3) is 0.345. The van der Waals surface area contributed by atoms with E-state index in [-0.39, 0.29) is 19.1 Å². The molecule has 9 heteroatoms. The summed E-state index contributed by atoms with van der Waals surface area (Å²) < 4.78 is 44.8. The van der Waals surface area contributed by atoms with Crippen molar-refractivity contribution in [2.75, 3.05) is 6.54 Å². The zero-order valence-corrected chi connectivity index (χ0v) is 21.1. The Bertz CT molecular complexity index is 1180. The fourth-order valence-electron chi connectivity index (χ4n) is 3.88. The van der Waals surface area contributed by atoms with E-state index in [9.17, 15) is 27.9 Å². The Hall–Kier alpha value is -3.88. The number of alkyl halides is 3. The van der Waals surface area contributed by atoms with Crippen molar-refractivity contribution in [2.24, 2.45) is 0 Å². The molecule has 1 amide bonds. The molecule has 1 atom stereocenters. The summed E-state index contributed by atoms with van der Waals surface area (Å²) in [5.74, 6) is -1.07. The van der Waals surface area contributed by atoms with Crippen LogP contribution in [0.15, 0.2) is 66.9 Å². The van der Waals surface area contributed by atoms with Crippen molar-refractivity contribution in [3.63, 3.8) is 0 Å². The lowest BCUT2D eigenvalue weighted by atomic mass is 10.0. The summed E-state index contributed by atoms with van der Waals surface area (Å²) in [4.78, 5) is 27.1. The number of carbonyl (C=O) groups excluding carboxylic acids is 2. The number of unbranched alkanes of at least 4 members (excludes halogenated alkanes) is 3. The van der Waals surface area contributed by atoms with Crippen molar-refractivity contribution >= 4 is 11.9 Å². The lowest BCUT2D eigenvalue weighted by Gasteiger charge is -2.20. The predicted octanol–water partition coefficient (Wildman–Crippen LogP) is 5.73. The number of benzene rings is 2. The number of nitrogens with zero attached hydrogens (tertiary/aromatic N) is 1. The van der Waals surface area contributed by atoms with Crippen LogP contribution in [-0.4, -0.2) is 23.4 Å². The molecule has 3 aromatic rings. The van der Waals surface area contributed by atoms with Gasteiger partial charge in [0.1, 0.15) is 11.9 Å². The normalized spacial score (nSPS) is 12.1. The Kier molecular flexibility index (Phi) is 10.3. The number of carboxylic acid groups (broad SMARTS) is 1. The SMILES string of the molecule is CCCCCCC(Oc1ccc(C(=O)NCCC(=O)[O-])cc1)c1ccc(-c2ccc(C(F)(F)F)cc2)nc1. The summed E-state index contributed by atoms with van der Waals surface area (Å²) in [7, 11) is 0. The van der Waals surface area contributed by atoms with Crippen LogP contribution in [0.5, 0.6) is 5.75 Å². The molecule has 0 saturated heterocycles. The summed E-state index contributed by atoms with van der Waals surface area (Å²) in [6, 6.07) is 15.1. The molecule has 38 heavy (non-hydrogen) atoms. The summed E-state index contributed by atoms with van der Waals surface area (Å²) in [6.07, 6.45) is 1.67. The highest BCUT2D eigenvalue weighted by molar-refractivity contribution is 5.94. The van der Waals surface area contributed by atoms with Gasteiger partial charge in [-0.25, -0.2) is 0 Å². The molecule has 1 N–H and O–H groups in total. The molecule has 202 valence electrons. The van der Waals surface area contributed by atoms with E-state index in [1.54, 1.807) is 36.5 Å². The minimum Gasteiger partial charge on any atom is -0.550 e. The largest absolute Gasteiger partial charge is 0.550 e. The Morgan fingerprint density at radius 3 is 2.26 bits per heavy atom. The summed E-state index contributed by atoms with van der Waals surface area (Å²) >= 11 is 0. The second kappa shape index (κ2) is 13.6. The molecule has 0 aliphatic carbocycles. The molecule has 0 aliphatic heterocycles. The monoisotopic (exact) mass is 527 g/mol. The average Bonchev–Trinajstić information content (AvgIpc) is 2.90. The molecular formula is C29H30F3N2O4-. The maximum atomic E-state index is 12.9. The number of hydrogen-bond acceptors (Lipinski definition) is 5. The van der Waals surface area contributed by atoms with Crippen LogP contribution in [-0.2, 0) is 11.0 Å². The molecule has 1 unspecified atom stereocenters. The van der Waals surface area contributed by atoms with E-state index in [2.05, 4.69) is 17.2 Å². The predicted molar refractivity (Wildman–Crippen MR) is 135 cm³/mol. The number of ether oxygens (including phenoxy) is 1. The van der Waals surface area contributed by atoms with Crippen LogP contribution in [0, 0.1) is 0 Å². The van der Waals surface area contributed by atoms with Gasteiger partial charge in [-0.3, -0.25) is 9.78 Å². The average molecular weight is 528 g/mol. The third-order valence-corrected chi connectivity index (χ3v) is 6.00. The molecule has 6 nitrogen and oxygen atoms in total.